The molecule has 0 atom stereocenters. The van der Waals surface area contributed by atoms with Crippen molar-refractivity contribution in [2.75, 3.05) is 0 Å². The quantitative estimate of drug-likeness (QED) is 0.766. The van der Waals surface area contributed by atoms with Crippen LogP contribution in [0.25, 0.3) is 11.4 Å². The normalized spacial score (nSPS) is 10.7. The molecule has 0 fully saturated rings. The first-order chi connectivity index (χ1) is 8.60. The van der Waals surface area contributed by atoms with Crippen molar-refractivity contribution in [2.45, 2.75) is 19.8 Å². The van der Waals surface area contributed by atoms with E-state index in [-0.39, 0.29) is 5.82 Å². The van der Waals surface area contributed by atoms with E-state index >= 15 is 0 Å². The number of hydrogen-bond acceptors (Lipinski definition) is 2. The van der Waals surface area contributed by atoms with Crippen molar-refractivity contribution in [3.05, 3.63) is 45.4 Å². The van der Waals surface area contributed by atoms with Crippen molar-refractivity contribution in [3.63, 3.8) is 0 Å². The second kappa shape index (κ2) is 5.76. The van der Waals surface area contributed by atoms with Gasteiger partial charge in [-0.05, 0) is 30.7 Å². The van der Waals surface area contributed by atoms with Crippen LogP contribution < -0.4 is 0 Å². The maximum Gasteiger partial charge on any atom is 0.162 e. The van der Waals surface area contributed by atoms with E-state index < -0.39 is 0 Å². The topological polar surface area (TPSA) is 25.8 Å². The van der Waals surface area contributed by atoms with Crippen LogP contribution in [0, 0.1) is 5.82 Å². The highest BCUT2D eigenvalue weighted by Crippen LogP contribution is 2.27. The molecule has 2 nitrogen and oxygen atoms in total. The molecule has 5 heteroatoms. The summed E-state index contributed by atoms with van der Waals surface area (Å²) in [5, 5.41) is 0.375. The van der Waals surface area contributed by atoms with Gasteiger partial charge < -0.3 is 0 Å². The summed E-state index contributed by atoms with van der Waals surface area (Å²) < 4.78 is 14.0. The van der Waals surface area contributed by atoms with E-state index in [4.69, 9.17) is 11.6 Å². The molecule has 1 aromatic heterocycles. The zero-order valence-corrected chi connectivity index (χ0v) is 12.1. The lowest BCUT2D eigenvalue weighted by Gasteiger charge is -2.06. The molecule has 1 aromatic carbocycles. The molecule has 0 bridgehead atoms. The Morgan fingerprint density at radius 2 is 2.06 bits per heavy atom. The van der Waals surface area contributed by atoms with E-state index in [2.05, 4.69) is 32.8 Å². The highest BCUT2D eigenvalue weighted by molar-refractivity contribution is 9.10. The van der Waals surface area contributed by atoms with Gasteiger partial charge in [0, 0.05) is 15.7 Å². The van der Waals surface area contributed by atoms with Crippen LogP contribution in [0.4, 0.5) is 4.39 Å². The molecule has 18 heavy (non-hydrogen) atoms. The molecule has 0 radical (unpaired) electrons. The highest BCUT2D eigenvalue weighted by atomic mass is 79.9. The van der Waals surface area contributed by atoms with Gasteiger partial charge in [-0.15, -0.1) is 0 Å². The summed E-state index contributed by atoms with van der Waals surface area (Å²) >= 11 is 9.33. The average molecular weight is 330 g/mol. The summed E-state index contributed by atoms with van der Waals surface area (Å²) in [6, 6.07) is 6.15. The summed E-state index contributed by atoms with van der Waals surface area (Å²) in [6.07, 6.45) is 1.79. The summed E-state index contributed by atoms with van der Waals surface area (Å²) in [6.45, 7) is 2.06. The van der Waals surface area contributed by atoms with E-state index in [9.17, 15) is 4.39 Å². The molecule has 0 spiro atoms. The second-order valence-electron chi connectivity index (χ2n) is 3.88. The summed E-state index contributed by atoms with van der Waals surface area (Å²) in [4.78, 5) is 8.55. The van der Waals surface area contributed by atoms with E-state index in [1.807, 2.05) is 0 Å². The molecular formula is C13H11BrClFN2. The third-order valence-electron chi connectivity index (χ3n) is 2.42. The van der Waals surface area contributed by atoms with E-state index in [0.717, 1.165) is 23.0 Å². The van der Waals surface area contributed by atoms with Gasteiger partial charge in [-0.3, -0.25) is 0 Å². The van der Waals surface area contributed by atoms with Gasteiger partial charge in [0.05, 0.1) is 0 Å². The monoisotopic (exact) mass is 328 g/mol. The van der Waals surface area contributed by atoms with E-state index in [1.54, 1.807) is 12.1 Å². The molecule has 0 N–H and O–H groups in total. The van der Waals surface area contributed by atoms with Gasteiger partial charge in [-0.1, -0.05) is 40.9 Å². The molecule has 0 aliphatic carbocycles. The standard InChI is InChI=1S/C13H11BrClFN2/c1-2-3-9-7-12(15)18-13(17-9)10-6-8(16)4-5-11(10)14/h4-7H,2-3H2,1H3. The van der Waals surface area contributed by atoms with Crippen molar-refractivity contribution in [1.82, 2.24) is 9.97 Å². The Kier molecular flexibility index (Phi) is 4.30. The van der Waals surface area contributed by atoms with E-state index in [1.165, 1.54) is 12.1 Å². The molecule has 0 aliphatic heterocycles. The van der Waals surface area contributed by atoms with Gasteiger partial charge in [0.25, 0.3) is 0 Å². The van der Waals surface area contributed by atoms with Crippen molar-refractivity contribution >= 4 is 27.5 Å². The lowest BCUT2D eigenvalue weighted by molar-refractivity contribution is 0.628. The van der Waals surface area contributed by atoms with Gasteiger partial charge in [-0.25, -0.2) is 14.4 Å². The Morgan fingerprint density at radius 3 is 2.78 bits per heavy atom. The average Bonchev–Trinajstić information content (AvgIpc) is 2.32. The van der Waals surface area contributed by atoms with Crippen molar-refractivity contribution in [3.8, 4) is 11.4 Å². The molecule has 1 heterocycles. The number of aromatic nitrogens is 2. The molecule has 0 aliphatic rings. The minimum absolute atomic E-state index is 0.325. The number of halogens is 3. The lowest BCUT2D eigenvalue weighted by Crippen LogP contribution is -1.97. The number of rotatable bonds is 3. The van der Waals surface area contributed by atoms with Gasteiger partial charge in [-0.2, -0.15) is 0 Å². The predicted molar refractivity (Wildman–Crippen MR) is 74.1 cm³/mol. The zero-order valence-electron chi connectivity index (χ0n) is 9.75. The Morgan fingerprint density at radius 1 is 1.28 bits per heavy atom. The summed E-state index contributed by atoms with van der Waals surface area (Å²) in [5.41, 5.74) is 1.47. The van der Waals surface area contributed by atoms with Crippen LogP contribution in [0.3, 0.4) is 0 Å². The van der Waals surface area contributed by atoms with Crippen molar-refractivity contribution in [2.24, 2.45) is 0 Å². The fourth-order valence-electron chi connectivity index (χ4n) is 1.64. The molecule has 0 saturated heterocycles. The minimum Gasteiger partial charge on any atom is -0.233 e. The summed E-state index contributed by atoms with van der Waals surface area (Å²) in [5.74, 6) is 0.117. The van der Waals surface area contributed by atoms with Gasteiger partial charge in [0.2, 0.25) is 0 Å². The molecule has 94 valence electrons. The van der Waals surface area contributed by atoms with Gasteiger partial charge >= 0.3 is 0 Å². The number of nitrogens with zero attached hydrogens (tertiary/aromatic N) is 2. The van der Waals surface area contributed by atoms with Crippen LogP contribution in [-0.4, -0.2) is 9.97 Å². The molecular weight excluding hydrogens is 319 g/mol. The third-order valence-corrected chi connectivity index (χ3v) is 3.31. The number of hydrogen-bond donors (Lipinski definition) is 0. The van der Waals surface area contributed by atoms with Crippen LogP contribution in [-0.2, 0) is 6.42 Å². The third kappa shape index (κ3) is 3.06. The smallest absolute Gasteiger partial charge is 0.162 e. The number of aryl methyl sites for hydroxylation is 1. The fraction of sp³-hybridized carbons (Fsp3) is 0.231. The second-order valence-corrected chi connectivity index (χ2v) is 5.12. The van der Waals surface area contributed by atoms with Crippen molar-refractivity contribution in [1.29, 1.82) is 0 Å². The van der Waals surface area contributed by atoms with Gasteiger partial charge in [0.1, 0.15) is 11.0 Å². The molecule has 2 rings (SSSR count). The predicted octanol–water partition coefficient (Wildman–Crippen LogP) is 4.65. The molecule has 0 unspecified atom stereocenters. The van der Waals surface area contributed by atoms with Crippen LogP contribution in [0.15, 0.2) is 28.7 Å². The molecule has 0 amide bonds. The molecule has 2 aromatic rings. The number of benzene rings is 1. The largest absolute Gasteiger partial charge is 0.233 e. The van der Waals surface area contributed by atoms with E-state index in [0.29, 0.717) is 16.5 Å². The van der Waals surface area contributed by atoms with Crippen LogP contribution >= 0.6 is 27.5 Å². The maximum atomic E-state index is 13.3. The minimum atomic E-state index is -0.325. The Balaban J connectivity index is 2.52. The van der Waals surface area contributed by atoms with Crippen LogP contribution in [0.2, 0.25) is 5.15 Å². The Bertz CT molecular complexity index is 575. The maximum absolute atomic E-state index is 13.3. The Hall–Kier alpha value is -1.000. The first-order valence-electron chi connectivity index (χ1n) is 5.59. The zero-order chi connectivity index (χ0) is 13.1. The first kappa shape index (κ1) is 13.4. The molecule has 0 saturated carbocycles. The van der Waals surface area contributed by atoms with Gasteiger partial charge in [0.15, 0.2) is 5.82 Å². The first-order valence-corrected chi connectivity index (χ1v) is 6.76. The van der Waals surface area contributed by atoms with Crippen LogP contribution in [0.1, 0.15) is 19.0 Å². The lowest BCUT2D eigenvalue weighted by atomic mass is 10.2. The summed E-state index contributed by atoms with van der Waals surface area (Å²) in [7, 11) is 0. The fourth-order valence-corrected chi connectivity index (χ4v) is 2.27. The SMILES string of the molecule is CCCc1cc(Cl)nc(-c2cc(F)ccc2Br)n1. The van der Waals surface area contributed by atoms with Crippen molar-refractivity contribution < 1.29 is 4.39 Å². The van der Waals surface area contributed by atoms with Crippen LogP contribution in [0.5, 0.6) is 0 Å². The highest BCUT2D eigenvalue weighted by Gasteiger charge is 2.10. The Labute approximate surface area is 118 Å².